The van der Waals surface area contributed by atoms with Gasteiger partial charge in [0.1, 0.15) is 24.4 Å². The minimum Gasteiger partial charge on any atom is -0.508 e. The summed E-state index contributed by atoms with van der Waals surface area (Å²) < 4.78 is 5.26. The van der Waals surface area contributed by atoms with E-state index in [1.807, 2.05) is 60.7 Å². The van der Waals surface area contributed by atoms with Crippen LogP contribution in [-0.2, 0) is 33.8 Å². The van der Waals surface area contributed by atoms with Crippen LogP contribution in [0.15, 0.2) is 84.9 Å². The second-order valence-electron chi connectivity index (χ2n) is 7.78. The first kappa shape index (κ1) is 24.3. The topological polar surface area (TPSA) is 131 Å². The van der Waals surface area contributed by atoms with Crippen molar-refractivity contribution < 1.29 is 24.2 Å². The fourth-order valence-corrected chi connectivity index (χ4v) is 3.33. The monoisotopic (exact) mass is 461 g/mol. The first-order valence-corrected chi connectivity index (χ1v) is 10.8. The molecule has 0 fully saturated rings. The van der Waals surface area contributed by atoms with E-state index in [-0.39, 0.29) is 25.2 Å². The molecule has 0 radical (unpaired) electrons. The minimum atomic E-state index is -1.00. The van der Waals surface area contributed by atoms with E-state index in [9.17, 15) is 19.5 Å². The zero-order chi connectivity index (χ0) is 24.3. The third-order valence-electron chi connectivity index (χ3n) is 5.14. The normalized spacial score (nSPS) is 12.2. The second-order valence-corrected chi connectivity index (χ2v) is 7.78. The van der Waals surface area contributed by atoms with Gasteiger partial charge in [0.2, 0.25) is 11.8 Å². The van der Waals surface area contributed by atoms with Crippen molar-refractivity contribution in [2.75, 3.05) is 0 Å². The molecule has 8 heteroatoms. The molecule has 0 saturated carbocycles. The van der Waals surface area contributed by atoms with E-state index >= 15 is 0 Å². The molecule has 0 aliphatic rings. The van der Waals surface area contributed by atoms with Crippen LogP contribution < -0.4 is 16.4 Å². The highest BCUT2D eigenvalue weighted by Gasteiger charge is 2.26. The van der Waals surface area contributed by atoms with Crippen molar-refractivity contribution in [1.29, 1.82) is 0 Å². The smallest absolute Gasteiger partial charge is 0.408 e. The molecule has 3 amide bonds. The Morgan fingerprint density at radius 3 is 1.85 bits per heavy atom. The van der Waals surface area contributed by atoms with E-state index in [1.165, 1.54) is 12.1 Å². The fourth-order valence-electron chi connectivity index (χ4n) is 3.33. The van der Waals surface area contributed by atoms with Gasteiger partial charge in [0, 0.05) is 12.8 Å². The Bertz CT molecular complexity index is 1090. The van der Waals surface area contributed by atoms with Crippen LogP contribution in [0.25, 0.3) is 0 Å². The number of carbonyl (C=O) groups is 3. The van der Waals surface area contributed by atoms with Gasteiger partial charge in [-0.1, -0.05) is 72.8 Å². The van der Waals surface area contributed by atoms with Gasteiger partial charge >= 0.3 is 6.09 Å². The van der Waals surface area contributed by atoms with Crippen LogP contribution in [-0.4, -0.2) is 35.1 Å². The molecular weight excluding hydrogens is 434 g/mol. The highest BCUT2D eigenvalue weighted by atomic mass is 16.5. The average Bonchev–Trinajstić information content (AvgIpc) is 2.84. The number of amides is 3. The summed E-state index contributed by atoms with van der Waals surface area (Å²) in [5.74, 6) is -1.20. The second kappa shape index (κ2) is 12.1. The average molecular weight is 462 g/mol. The Kier molecular flexibility index (Phi) is 8.62. The Balaban J connectivity index is 1.68. The van der Waals surface area contributed by atoms with Crippen molar-refractivity contribution in [3.63, 3.8) is 0 Å². The van der Waals surface area contributed by atoms with Crippen LogP contribution in [0, 0.1) is 0 Å². The van der Waals surface area contributed by atoms with Gasteiger partial charge in [0.05, 0.1) is 0 Å². The molecule has 3 rings (SSSR count). The van der Waals surface area contributed by atoms with E-state index in [0.717, 1.165) is 11.1 Å². The molecule has 5 N–H and O–H groups in total. The molecule has 3 aromatic carbocycles. The molecule has 2 unspecified atom stereocenters. The van der Waals surface area contributed by atoms with Gasteiger partial charge in [-0.15, -0.1) is 0 Å². The molecule has 2 atom stereocenters. The van der Waals surface area contributed by atoms with Crippen molar-refractivity contribution >= 4 is 17.9 Å². The zero-order valence-electron chi connectivity index (χ0n) is 18.5. The van der Waals surface area contributed by atoms with Gasteiger partial charge in [0.15, 0.2) is 0 Å². The summed E-state index contributed by atoms with van der Waals surface area (Å²) in [6.45, 7) is 0.0527. The summed E-state index contributed by atoms with van der Waals surface area (Å²) in [6, 6.07) is 22.6. The number of rotatable bonds is 10. The van der Waals surface area contributed by atoms with Gasteiger partial charge in [-0.05, 0) is 28.8 Å². The molecule has 0 aliphatic carbocycles. The molecule has 34 heavy (non-hydrogen) atoms. The van der Waals surface area contributed by atoms with Gasteiger partial charge in [0.25, 0.3) is 0 Å². The van der Waals surface area contributed by atoms with Gasteiger partial charge in [-0.3, -0.25) is 9.59 Å². The number of ether oxygens (including phenoxy) is 1. The van der Waals surface area contributed by atoms with Gasteiger partial charge in [-0.2, -0.15) is 0 Å². The lowest BCUT2D eigenvalue weighted by Gasteiger charge is -2.22. The van der Waals surface area contributed by atoms with Crippen LogP contribution in [0.4, 0.5) is 4.79 Å². The number of aromatic hydroxyl groups is 1. The summed E-state index contributed by atoms with van der Waals surface area (Å²) in [4.78, 5) is 37.5. The number of phenols is 1. The largest absolute Gasteiger partial charge is 0.508 e. The number of phenolic OH excluding ortho intramolecular Hbond substituents is 1. The lowest BCUT2D eigenvalue weighted by molar-refractivity contribution is -0.128. The summed E-state index contributed by atoms with van der Waals surface area (Å²) in [5, 5.41) is 14.7. The summed E-state index contributed by atoms with van der Waals surface area (Å²) in [5.41, 5.74) is 7.85. The van der Waals surface area contributed by atoms with Gasteiger partial charge in [-0.25, -0.2) is 4.79 Å². The van der Waals surface area contributed by atoms with E-state index in [1.54, 1.807) is 12.1 Å². The van der Waals surface area contributed by atoms with E-state index < -0.39 is 30.0 Å². The van der Waals surface area contributed by atoms with E-state index in [4.69, 9.17) is 10.5 Å². The fraction of sp³-hybridized carbons (Fsp3) is 0.192. The zero-order valence-corrected chi connectivity index (χ0v) is 18.5. The SMILES string of the molecule is NC(=O)C(Cc1ccc(O)cc1)NC(=O)C(Cc1ccccc1)NC(=O)OCc1ccccc1. The Morgan fingerprint density at radius 2 is 1.26 bits per heavy atom. The van der Waals surface area contributed by atoms with Crippen molar-refractivity contribution in [3.8, 4) is 5.75 Å². The van der Waals surface area contributed by atoms with Crippen LogP contribution >= 0.6 is 0 Å². The standard InChI is InChI=1S/C26H27N3O5/c27-24(31)22(15-19-11-13-21(30)14-12-19)28-25(32)23(16-18-7-3-1-4-8-18)29-26(33)34-17-20-9-5-2-6-10-20/h1-14,22-23,30H,15-17H2,(H2,27,31)(H,28,32)(H,29,33). The quantitative estimate of drug-likeness (QED) is 0.368. The Hall–Kier alpha value is -4.33. The van der Waals surface area contributed by atoms with E-state index in [0.29, 0.717) is 5.56 Å². The van der Waals surface area contributed by atoms with Gasteiger partial charge < -0.3 is 26.2 Å². The van der Waals surface area contributed by atoms with Crippen LogP contribution in [0.5, 0.6) is 5.75 Å². The highest BCUT2D eigenvalue weighted by Crippen LogP contribution is 2.12. The summed E-state index contributed by atoms with van der Waals surface area (Å²) in [7, 11) is 0. The number of nitrogens with one attached hydrogen (secondary N) is 2. The summed E-state index contributed by atoms with van der Waals surface area (Å²) >= 11 is 0. The van der Waals surface area contributed by atoms with Crippen LogP contribution in [0.3, 0.4) is 0 Å². The molecule has 8 nitrogen and oxygen atoms in total. The number of alkyl carbamates (subject to hydrolysis) is 1. The molecule has 0 spiro atoms. The third kappa shape index (κ3) is 7.67. The maximum atomic E-state index is 13.1. The molecule has 0 bridgehead atoms. The predicted molar refractivity (Wildman–Crippen MR) is 127 cm³/mol. The lowest BCUT2D eigenvalue weighted by Crippen LogP contribution is -2.54. The minimum absolute atomic E-state index is 0.0527. The molecule has 0 aromatic heterocycles. The van der Waals surface area contributed by atoms with Crippen LogP contribution in [0.1, 0.15) is 16.7 Å². The first-order chi connectivity index (χ1) is 16.4. The summed E-state index contributed by atoms with van der Waals surface area (Å²) in [6.07, 6.45) is -0.426. The van der Waals surface area contributed by atoms with E-state index in [2.05, 4.69) is 10.6 Å². The van der Waals surface area contributed by atoms with Crippen molar-refractivity contribution in [2.45, 2.75) is 31.5 Å². The highest BCUT2D eigenvalue weighted by molar-refractivity contribution is 5.91. The number of hydrogen-bond donors (Lipinski definition) is 4. The third-order valence-corrected chi connectivity index (χ3v) is 5.14. The first-order valence-electron chi connectivity index (χ1n) is 10.8. The maximum absolute atomic E-state index is 13.1. The van der Waals surface area contributed by atoms with Crippen LogP contribution in [0.2, 0.25) is 0 Å². The van der Waals surface area contributed by atoms with Crippen molar-refractivity contribution in [3.05, 3.63) is 102 Å². The van der Waals surface area contributed by atoms with Crippen molar-refractivity contribution in [1.82, 2.24) is 10.6 Å². The molecule has 176 valence electrons. The number of primary amides is 1. The predicted octanol–water partition coefficient (Wildman–Crippen LogP) is 2.44. The number of benzene rings is 3. The molecular formula is C26H27N3O5. The lowest BCUT2D eigenvalue weighted by atomic mass is 10.0. The Morgan fingerprint density at radius 1 is 0.735 bits per heavy atom. The maximum Gasteiger partial charge on any atom is 0.408 e. The van der Waals surface area contributed by atoms with Crippen molar-refractivity contribution in [2.24, 2.45) is 5.73 Å². The molecule has 0 heterocycles. The Labute approximate surface area is 197 Å². The molecule has 0 aliphatic heterocycles. The number of carbonyl (C=O) groups excluding carboxylic acids is 3. The molecule has 3 aromatic rings. The molecule has 0 saturated heterocycles. The number of hydrogen-bond acceptors (Lipinski definition) is 5. The number of nitrogens with two attached hydrogens (primary N) is 1.